The molecular formula is C20H24N4O3. The third kappa shape index (κ3) is 3.88. The Bertz CT molecular complexity index is 847. The second kappa shape index (κ2) is 7.52. The summed E-state index contributed by atoms with van der Waals surface area (Å²) in [5.41, 5.74) is 1.77. The van der Waals surface area contributed by atoms with Gasteiger partial charge in [0.2, 0.25) is 0 Å². The van der Waals surface area contributed by atoms with Gasteiger partial charge in [0.25, 0.3) is 5.91 Å². The minimum atomic E-state index is -0.0253. The highest BCUT2D eigenvalue weighted by atomic mass is 16.5. The normalized spacial score (nSPS) is 19.7. The molecule has 1 aromatic heterocycles. The third-order valence-corrected chi connectivity index (χ3v) is 5.36. The van der Waals surface area contributed by atoms with Crippen LogP contribution in [0.1, 0.15) is 46.3 Å². The molecule has 0 aliphatic carbocycles. The van der Waals surface area contributed by atoms with E-state index in [1.54, 1.807) is 30.3 Å². The van der Waals surface area contributed by atoms with Crippen LogP contribution in [-0.4, -0.2) is 63.9 Å². The molecule has 0 radical (unpaired) electrons. The van der Waals surface area contributed by atoms with Crippen LogP contribution in [0.4, 0.5) is 0 Å². The highest BCUT2D eigenvalue weighted by molar-refractivity contribution is 5.94. The molecule has 27 heavy (non-hydrogen) atoms. The lowest BCUT2D eigenvalue weighted by Gasteiger charge is -2.37. The number of aromatic nitrogens is 2. The van der Waals surface area contributed by atoms with Crippen LogP contribution in [0.15, 0.2) is 30.3 Å². The van der Waals surface area contributed by atoms with Gasteiger partial charge >= 0.3 is 0 Å². The highest BCUT2D eigenvalue weighted by Crippen LogP contribution is 2.22. The molecular weight excluding hydrogens is 344 g/mol. The number of nitrogens with one attached hydrogen (secondary N) is 1. The Morgan fingerprint density at radius 1 is 1.26 bits per heavy atom. The molecule has 0 unspecified atom stereocenters. The fraction of sp³-hybridized carbons (Fsp3) is 0.450. The zero-order valence-electron chi connectivity index (χ0n) is 15.5. The first kappa shape index (κ1) is 17.7. The van der Waals surface area contributed by atoms with E-state index in [9.17, 15) is 9.59 Å². The standard InChI is InChI=1S/C20H24N4O3/c1-14(25)15-4-2-6-18(10-15)27-13-16-11-19(22-21-16)20(26)24-9-8-23-7-3-5-17(23)12-24/h2,4,6,10-11,17H,3,5,7-9,12-13H2,1H3,(H,21,22)/t17-/m0/s1. The Kier molecular flexibility index (Phi) is 4.94. The average Bonchev–Trinajstić information content (AvgIpc) is 3.34. The number of ketones is 1. The number of amides is 1. The number of hydrogen-bond donors (Lipinski definition) is 1. The third-order valence-electron chi connectivity index (χ3n) is 5.36. The Morgan fingerprint density at radius 3 is 3.00 bits per heavy atom. The molecule has 1 aromatic carbocycles. The van der Waals surface area contributed by atoms with E-state index in [0.29, 0.717) is 23.0 Å². The SMILES string of the molecule is CC(=O)c1cccc(OCc2cc(C(=O)N3CCN4CCC[C@H]4C3)n[nH]2)c1. The molecule has 3 heterocycles. The van der Waals surface area contributed by atoms with Crippen molar-refractivity contribution in [3.8, 4) is 5.75 Å². The van der Waals surface area contributed by atoms with Gasteiger partial charge in [0, 0.05) is 31.2 Å². The van der Waals surface area contributed by atoms with Crippen LogP contribution in [0.25, 0.3) is 0 Å². The second-order valence-electron chi connectivity index (χ2n) is 7.23. The molecule has 1 amide bonds. The first-order valence-electron chi connectivity index (χ1n) is 9.41. The van der Waals surface area contributed by atoms with Crippen molar-refractivity contribution in [1.29, 1.82) is 0 Å². The molecule has 4 rings (SSSR count). The number of H-pyrrole nitrogens is 1. The summed E-state index contributed by atoms with van der Waals surface area (Å²) in [7, 11) is 0. The summed E-state index contributed by atoms with van der Waals surface area (Å²) < 4.78 is 5.72. The lowest BCUT2D eigenvalue weighted by atomic mass is 10.1. The summed E-state index contributed by atoms with van der Waals surface area (Å²) >= 11 is 0. The molecule has 0 spiro atoms. The summed E-state index contributed by atoms with van der Waals surface area (Å²) in [5.74, 6) is 0.586. The molecule has 142 valence electrons. The van der Waals surface area contributed by atoms with Gasteiger partial charge in [-0.3, -0.25) is 19.6 Å². The number of ether oxygens (including phenoxy) is 1. The van der Waals surface area contributed by atoms with E-state index in [1.807, 2.05) is 4.90 Å². The maximum Gasteiger partial charge on any atom is 0.274 e. The lowest BCUT2D eigenvalue weighted by molar-refractivity contribution is 0.0565. The molecule has 0 bridgehead atoms. The Balaban J connectivity index is 1.36. The van der Waals surface area contributed by atoms with E-state index in [-0.39, 0.29) is 18.3 Å². The van der Waals surface area contributed by atoms with Crippen molar-refractivity contribution in [2.75, 3.05) is 26.2 Å². The van der Waals surface area contributed by atoms with Crippen molar-refractivity contribution in [1.82, 2.24) is 20.0 Å². The van der Waals surface area contributed by atoms with Gasteiger partial charge < -0.3 is 9.64 Å². The van der Waals surface area contributed by atoms with Gasteiger partial charge in [0.15, 0.2) is 11.5 Å². The monoisotopic (exact) mass is 368 g/mol. The molecule has 0 saturated carbocycles. The molecule has 1 atom stereocenters. The lowest BCUT2D eigenvalue weighted by Crippen LogP contribution is -2.52. The van der Waals surface area contributed by atoms with Gasteiger partial charge in [-0.15, -0.1) is 0 Å². The zero-order chi connectivity index (χ0) is 18.8. The van der Waals surface area contributed by atoms with E-state index in [2.05, 4.69) is 15.1 Å². The molecule has 7 heteroatoms. The maximum absolute atomic E-state index is 12.7. The summed E-state index contributed by atoms with van der Waals surface area (Å²) in [5, 5.41) is 7.05. The molecule has 2 aliphatic heterocycles. The zero-order valence-corrected chi connectivity index (χ0v) is 15.5. The summed E-state index contributed by atoms with van der Waals surface area (Å²) in [6.45, 7) is 5.43. The van der Waals surface area contributed by atoms with Crippen molar-refractivity contribution in [2.24, 2.45) is 0 Å². The van der Waals surface area contributed by atoms with Crippen LogP contribution in [-0.2, 0) is 6.61 Å². The second-order valence-corrected chi connectivity index (χ2v) is 7.23. The largest absolute Gasteiger partial charge is 0.487 e. The maximum atomic E-state index is 12.7. The Labute approximate surface area is 158 Å². The number of carbonyl (C=O) groups is 2. The first-order valence-corrected chi connectivity index (χ1v) is 9.41. The fourth-order valence-electron chi connectivity index (χ4n) is 3.85. The summed E-state index contributed by atoms with van der Waals surface area (Å²) in [6.07, 6.45) is 2.39. The van der Waals surface area contributed by atoms with Crippen LogP contribution >= 0.6 is 0 Å². The number of hydrogen-bond acceptors (Lipinski definition) is 5. The van der Waals surface area contributed by atoms with Crippen molar-refractivity contribution in [3.63, 3.8) is 0 Å². The van der Waals surface area contributed by atoms with Crippen molar-refractivity contribution < 1.29 is 14.3 Å². The number of aromatic amines is 1. The van der Waals surface area contributed by atoms with Crippen LogP contribution in [0.3, 0.4) is 0 Å². The van der Waals surface area contributed by atoms with Crippen molar-refractivity contribution >= 4 is 11.7 Å². The molecule has 1 N–H and O–H groups in total. The number of piperazine rings is 1. The van der Waals surface area contributed by atoms with E-state index in [4.69, 9.17) is 4.74 Å². The molecule has 2 saturated heterocycles. The smallest absolute Gasteiger partial charge is 0.274 e. The van der Waals surface area contributed by atoms with E-state index >= 15 is 0 Å². The molecule has 2 fully saturated rings. The van der Waals surface area contributed by atoms with Crippen molar-refractivity contribution in [3.05, 3.63) is 47.3 Å². The number of carbonyl (C=O) groups excluding carboxylic acids is 2. The Morgan fingerprint density at radius 2 is 2.15 bits per heavy atom. The fourth-order valence-corrected chi connectivity index (χ4v) is 3.85. The predicted molar refractivity (Wildman–Crippen MR) is 99.9 cm³/mol. The minimum Gasteiger partial charge on any atom is -0.487 e. The number of fused-ring (bicyclic) bond motifs is 1. The van der Waals surface area contributed by atoms with E-state index in [1.165, 1.54) is 19.8 Å². The van der Waals surface area contributed by atoms with Gasteiger partial charge in [-0.05, 0) is 44.5 Å². The quantitative estimate of drug-likeness (QED) is 0.818. The molecule has 7 nitrogen and oxygen atoms in total. The number of benzene rings is 1. The van der Waals surface area contributed by atoms with Crippen LogP contribution < -0.4 is 4.74 Å². The van der Waals surface area contributed by atoms with Gasteiger partial charge in [-0.25, -0.2) is 0 Å². The van der Waals surface area contributed by atoms with Gasteiger partial charge in [0.1, 0.15) is 12.4 Å². The summed E-state index contributed by atoms with van der Waals surface area (Å²) in [6, 6.07) is 9.31. The molecule has 2 aliphatic rings. The number of rotatable bonds is 5. The van der Waals surface area contributed by atoms with Gasteiger partial charge in [-0.2, -0.15) is 5.10 Å². The van der Waals surface area contributed by atoms with Crippen molar-refractivity contribution in [2.45, 2.75) is 32.4 Å². The van der Waals surface area contributed by atoms with E-state index in [0.717, 1.165) is 31.9 Å². The molecule has 2 aromatic rings. The van der Waals surface area contributed by atoms with Gasteiger partial charge in [-0.1, -0.05) is 12.1 Å². The topological polar surface area (TPSA) is 78.5 Å². The van der Waals surface area contributed by atoms with Crippen LogP contribution in [0.2, 0.25) is 0 Å². The van der Waals surface area contributed by atoms with Crippen LogP contribution in [0.5, 0.6) is 5.75 Å². The average molecular weight is 368 g/mol. The Hall–Kier alpha value is -2.67. The highest BCUT2D eigenvalue weighted by Gasteiger charge is 2.33. The number of Topliss-reactive ketones (excluding diaryl/α,β-unsaturated/α-hetero) is 1. The van der Waals surface area contributed by atoms with Gasteiger partial charge in [0.05, 0.1) is 5.69 Å². The number of nitrogens with zero attached hydrogens (tertiary/aromatic N) is 3. The van der Waals surface area contributed by atoms with Crippen LogP contribution in [0, 0.1) is 0 Å². The summed E-state index contributed by atoms with van der Waals surface area (Å²) in [4.78, 5) is 28.6. The van der Waals surface area contributed by atoms with E-state index < -0.39 is 0 Å². The minimum absolute atomic E-state index is 0.00256. The predicted octanol–water partition coefficient (Wildman–Crippen LogP) is 2.11. The first-order chi connectivity index (χ1) is 13.1.